The number of thiol groups is 1. The van der Waals surface area contributed by atoms with Gasteiger partial charge in [0.25, 0.3) is 0 Å². The Labute approximate surface area is 93.8 Å². The van der Waals surface area contributed by atoms with Crippen LogP contribution in [0.25, 0.3) is 0 Å². The molecule has 0 aliphatic carbocycles. The van der Waals surface area contributed by atoms with Gasteiger partial charge in [-0.05, 0) is 24.6 Å². The van der Waals surface area contributed by atoms with E-state index in [2.05, 4.69) is 18.6 Å². The molecule has 0 saturated heterocycles. The van der Waals surface area contributed by atoms with Crippen molar-refractivity contribution in [1.82, 2.24) is 0 Å². The third-order valence-corrected chi connectivity index (χ3v) is 2.80. The molecule has 0 radical (unpaired) electrons. The van der Waals surface area contributed by atoms with Crippen molar-refractivity contribution in [1.29, 1.82) is 0 Å². The molecule has 0 N–H and O–H groups in total. The number of hydrogen-bond donors (Lipinski definition) is 1. The number of benzene rings is 1. The minimum Gasteiger partial charge on any atom is -0.493 e. The Morgan fingerprint density at radius 2 is 2.14 bits per heavy atom. The SMILES string of the molecule is CCCOc1ccc(SS)cc1OC. The summed E-state index contributed by atoms with van der Waals surface area (Å²) < 4.78 is 10.7. The molecule has 0 atom stereocenters. The Morgan fingerprint density at radius 1 is 1.36 bits per heavy atom. The highest BCUT2D eigenvalue weighted by atomic mass is 33.1. The largest absolute Gasteiger partial charge is 0.493 e. The third-order valence-electron chi connectivity index (χ3n) is 1.70. The average Bonchev–Trinajstić information content (AvgIpc) is 2.26. The molecule has 0 heterocycles. The molecule has 14 heavy (non-hydrogen) atoms. The van der Waals surface area contributed by atoms with E-state index < -0.39 is 0 Å². The molecule has 1 rings (SSSR count). The zero-order valence-corrected chi connectivity index (χ0v) is 10.0. The van der Waals surface area contributed by atoms with Crippen molar-refractivity contribution in [2.75, 3.05) is 13.7 Å². The molecule has 0 saturated carbocycles. The van der Waals surface area contributed by atoms with Gasteiger partial charge in [0.1, 0.15) is 0 Å². The maximum absolute atomic E-state index is 5.52. The van der Waals surface area contributed by atoms with E-state index in [9.17, 15) is 0 Å². The van der Waals surface area contributed by atoms with E-state index in [1.54, 1.807) is 7.11 Å². The molecule has 78 valence electrons. The van der Waals surface area contributed by atoms with Gasteiger partial charge in [0, 0.05) is 4.90 Å². The van der Waals surface area contributed by atoms with Crippen molar-refractivity contribution >= 4 is 22.5 Å². The van der Waals surface area contributed by atoms with Crippen LogP contribution >= 0.6 is 22.5 Å². The molecule has 0 aliphatic rings. The zero-order chi connectivity index (χ0) is 10.4. The van der Waals surface area contributed by atoms with Crippen molar-refractivity contribution < 1.29 is 9.47 Å². The van der Waals surface area contributed by atoms with Crippen LogP contribution in [0.15, 0.2) is 23.1 Å². The van der Waals surface area contributed by atoms with Gasteiger partial charge in [0.15, 0.2) is 11.5 Å². The predicted molar refractivity (Wildman–Crippen MR) is 63.6 cm³/mol. The maximum Gasteiger partial charge on any atom is 0.161 e. The quantitative estimate of drug-likeness (QED) is 0.617. The second-order valence-corrected chi connectivity index (χ2v) is 3.95. The van der Waals surface area contributed by atoms with Crippen LogP contribution in [0.5, 0.6) is 11.5 Å². The first kappa shape index (κ1) is 11.6. The van der Waals surface area contributed by atoms with Crippen LogP contribution in [-0.4, -0.2) is 13.7 Å². The molecule has 0 aromatic heterocycles. The van der Waals surface area contributed by atoms with Gasteiger partial charge in [0.05, 0.1) is 13.7 Å². The van der Waals surface area contributed by atoms with Crippen molar-refractivity contribution in [3.8, 4) is 11.5 Å². The van der Waals surface area contributed by atoms with E-state index >= 15 is 0 Å². The molecule has 0 aliphatic heterocycles. The molecule has 0 bridgehead atoms. The van der Waals surface area contributed by atoms with Crippen LogP contribution < -0.4 is 9.47 Å². The third kappa shape index (κ3) is 3.03. The fourth-order valence-electron chi connectivity index (χ4n) is 1.04. The number of rotatable bonds is 5. The summed E-state index contributed by atoms with van der Waals surface area (Å²) in [6.07, 6.45) is 0.992. The molecule has 0 spiro atoms. The highest BCUT2D eigenvalue weighted by Gasteiger charge is 2.04. The molecule has 1 aromatic carbocycles. The van der Waals surface area contributed by atoms with Gasteiger partial charge in [-0.15, -0.1) is 11.7 Å². The van der Waals surface area contributed by atoms with E-state index in [-0.39, 0.29) is 0 Å². The average molecular weight is 230 g/mol. The first-order valence-electron chi connectivity index (χ1n) is 4.44. The van der Waals surface area contributed by atoms with Crippen molar-refractivity contribution in [3.63, 3.8) is 0 Å². The minimum absolute atomic E-state index is 0.712. The fourth-order valence-corrected chi connectivity index (χ4v) is 1.67. The first-order valence-corrected chi connectivity index (χ1v) is 6.31. The van der Waals surface area contributed by atoms with E-state index in [4.69, 9.17) is 9.47 Å². The topological polar surface area (TPSA) is 18.5 Å². The van der Waals surface area contributed by atoms with Crippen LogP contribution in [-0.2, 0) is 0 Å². The summed E-state index contributed by atoms with van der Waals surface area (Å²) in [7, 11) is 3.03. The van der Waals surface area contributed by atoms with Crippen molar-refractivity contribution in [3.05, 3.63) is 18.2 Å². The van der Waals surface area contributed by atoms with Crippen LogP contribution in [0.3, 0.4) is 0 Å². The second kappa shape index (κ2) is 6.09. The normalized spacial score (nSPS) is 9.93. The van der Waals surface area contributed by atoms with Crippen LogP contribution in [0.4, 0.5) is 0 Å². The predicted octanol–water partition coefficient (Wildman–Crippen LogP) is 3.42. The minimum atomic E-state index is 0.712. The van der Waals surface area contributed by atoms with E-state index in [0.29, 0.717) is 6.61 Å². The van der Waals surface area contributed by atoms with E-state index in [1.807, 2.05) is 18.2 Å². The molecule has 2 nitrogen and oxygen atoms in total. The summed E-state index contributed by atoms with van der Waals surface area (Å²) in [5, 5.41) is 0. The monoisotopic (exact) mass is 230 g/mol. The Bertz CT molecular complexity index is 289. The molecule has 0 fully saturated rings. The maximum atomic E-state index is 5.52. The van der Waals surface area contributed by atoms with E-state index in [1.165, 1.54) is 10.8 Å². The van der Waals surface area contributed by atoms with Crippen LogP contribution in [0, 0.1) is 0 Å². The van der Waals surface area contributed by atoms with Gasteiger partial charge in [0.2, 0.25) is 0 Å². The second-order valence-electron chi connectivity index (χ2n) is 2.75. The van der Waals surface area contributed by atoms with Gasteiger partial charge in [-0.1, -0.05) is 17.7 Å². The Kier molecular flexibility index (Phi) is 5.04. The smallest absolute Gasteiger partial charge is 0.161 e. The van der Waals surface area contributed by atoms with Gasteiger partial charge >= 0.3 is 0 Å². The van der Waals surface area contributed by atoms with Crippen molar-refractivity contribution in [2.24, 2.45) is 0 Å². The summed E-state index contributed by atoms with van der Waals surface area (Å²) in [6.45, 7) is 2.79. The number of hydrogen-bond acceptors (Lipinski definition) is 4. The van der Waals surface area contributed by atoms with Crippen LogP contribution in [0.1, 0.15) is 13.3 Å². The van der Waals surface area contributed by atoms with Crippen LogP contribution in [0.2, 0.25) is 0 Å². The highest BCUT2D eigenvalue weighted by Crippen LogP contribution is 2.33. The summed E-state index contributed by atoms with van der Waals surface area (Å²) in [5.74, 6) is 1.55. The highest BCUT2D eigenvalue weighted by molar-refractivity contribution is 8.68. The standard InChI is InChI=1S/C10H14O2S2/c1-3-6-12-9-5-4-8(14-13)7-10(9)11-2/h4-5,7,13H,3,6H2,1-2H3. The number of ether oxygens (including phenoxy) is 2. The van der Waals surface area contributed by atoms with Gasteiger partial charge in [-0.25, -0.2) is 0 Å². The summed E-state index contributed by atoms with van der Waals surface area (Å²) >= 11 is 4.12. The zero-order valence-electron chi connectivity index (χ0n) is 8.32. The summed E-state index contributed by atoms with van der Waals surface area (Å²) in [4.78, 5) is 1.05. The first-order chi connectivity index (χ1) is 6.81. The molecule has 0 amide bonds. The number of methoxy groups -OCH3 is 1. The lowest BCUT2D eigenvalue weighted by atomic mass is 10.3. The van der Waals surface area contributed by atoms with Gasteiger partial charge in [-0.3, -0.25) is 0 Å². The Morgan fingerprint density at radius 3 is 2.71 bits per heavy atom. The molecular formula is C10H14O2S2. The molecule has 0 unspecified atom stereocenters. The summed E-state index contributed by atoms with van der Waals surface area (Å²) in [6, 6.07) is 5.79. The lowest BCUT2D eigenvalue weighted by Gasteiger charge is -2.10. The summed E-state index contributed by atoms with van der Waals surface area (Å²) in [5.41, 5.74) is 0. The molecule has 1 aromatic rings. The molecule has 4 heteroatoms. The lowest BCUT2D eigenvalue weighted by molar-refractivity contribution is 0.294. The van der Waals surface area contributed by atoms with Gasteiger partial charge in [-0.2, -0.15) is 0 Å². The molecular weight excluding hydrogens is 216 g/mol. The Balaban J connectivity index is 2.82. The Hall–Kier alpha value is -0.480. The van der Waals surface area contributed by atoms with Gasteiger partial charge < -0.3 is 9.47 Å². The van der Waals surface area contributed by atoms with E-state index in [0.717, 1.165) is 22.8 Å². The van der Waals surface area contributed by atoms with Crippen molar-refractivity contribution in [2.45, 2.75) is 18.2 Å². The lowest BCUT2D eigenvalue weighted by Crippen LogP contribution is -1.97. The fraction of sp³-hybridized carbons (Fsp3) is 0.400.